The summed E-state index contributed by atoms with van der Waals surface area (Å²) in [5.74, 6) is 1.70. The molecule has 0 bridgehead atoms. The molecule has 0 spiro atoms. The molecule has 1 aliphatic rings. The van der Waals surface area contributed by atoms with Crippen molar-refractivity contribution in [3.8, 4) is 0 Å². The third-order valence-electron chi connectivity index (χ3n) is 3.91. The first-order chi connectivity index (χ1) is 10.5. The Balaban J connectivity index is 2.09. The SMILES string of the molecule is CN=C(NCCCC(C)C)NCCCN1CC(C)OC(C)C1. The second kappa shape index (κ2) is 10.8. The highest BCUT2D eigenvalue weighted by molar-refractivity contribution is 5.79. The van der Waals surface area contributed by atoms with Crippen LogP contribution in [0.2, 0.25) is 0 Å². The van der Waals surface area contributed by atoms with Gasteiger partial charge in [0.2, 0.25) is 0 Å². The number of rotatable bonds is 8. The largest absolute Gasteiger partial charge is 0.373 e. The summed E-state index contributed by atoms with van der Waals surface area (Å²) in [6, 6.07) is 0. The summed E-state index contributed by atoms with van der Waals surface area (Å²) in [5, 5.41) is 6.78. The number of hydrogen-bond donors (Lipinski definition) is 2. The molecule has 1 saturated heterocycles. The fourth-order valence-electron chi connectivity index (χ4n) is 2.91. The third-order valence-corrected chi connectivity index (χ3v) is 3.91. The molecule has 2 N–H and O–H groups in total. The van der Waals surface area contributed by atoms with Gasteiger partial charge in [-0.3, -0.25) is 9.89 Å². The highest BCUT2D eigenvalue weighted by Gasteiger charge is 2.21. The van der Waals surface area contributed by atoms with Crippen LogP contribution in [0.25, 0.3) is 0 Å². The maximum absolute atomic E-state index is 5.76. The average Bonchev–Trinajstić information content (AvgIpc) is 2.44. The minimum atomic E-state index is 0.354. The van der Waals surface area contributed by atoms with Crippen LogP contribution in [0.5, 0.6) is 0 Å². The van der Waals surface area contributed by atoms with Crippen molar-refractivity contribution >= 4 is 5.96 Å². The van der Waals surface area contributed by atoms with Gasteiger partial charge in [0.1, 0.15) is 0 Å². The Labute approximate surface area is 136 Å². The lowest BCUT2D eigenvalue weighted by atomic mass is 10.1. The summed E-state index contributed by atoms with van der Waals surface area (Å²) in [7, 11) is 1.84. The normalized spacial score (nSPS) is 23.8. The van der Waals surface area contributed by atoms with Crippen molar-refractivity contribution in [1.29, 1.82) is 0 Å². The molecule has 0 radical (unpaired) electrons. The fourth-order valence-corrected chi connectivity index (χ4v) is 2.91. The Morgan fingerprint density at radius 2 is 1.73 bits per heavy atom. The summed E-state index contributed by atoms with van der Waals surface area (Å²) in [6.07, 6.45) is 4.30. The van der Waals surface area contributed by atoms with E-state index in [0.29, 0.717) is 12.2 Å². The van der Waals surface area contributed by atoms with Crippen molar-refractivity contribution in [3.05, 3.63) is 0 Å². The second-order valence-corrected chi connectivity index (χ2v) is 6.83. The Bertz CT molecular complexity index is 310. The van der Waals surface area contributed by atoms with Gasteiger partial charge in [-0.05, 0) is 39.0 Å². The van der Waals surface area contributed by atoms with Crippen LogP contribution in [0.1, 0.15) is 47.0 Å². The Morgan fingerprint density at radius 3 is 2.27 bits per heavy atom. The molecular formula is C17H36N4O. The number of nitrogens with one attached hydrogen (secondary N) is 2. The smallest absolute Gasteiger partial charge is 0.190 e. The van der Waals surface area contributed by atoms with E-state index in [4.69, 9.17) is 4.74 Å². The molecule has 2 unspecified atom stereocenters. The van der Waals surface area contributed by atoms with Gasteiger partial charge >= 0.3 is 0 Å². The lowest BCUT2D eigenvalue weighted by Gasteiger charge is -2.35. The molecule has 0 aromatic rings. The minimum Gasteiger partial charge on any atom is -0.373 e. The zero-order chi connectivity index (χ0) is 16.4. The minimum absolute atomic E-state index is 0.354. The van der Waals surface area contributed by atoms with E-state index in [-0.39, 0.29) is 0 Å². The molecule has 2 atom stereocenters. The Hall–Kier alpha value is -0.810. The Kier molecular flexibility index (Phi) is 9.48. The van der Waals surface area contributed by atoms with Gasteiger partial charge in [-0.1, -0.05) is 13.8 Å². The second-order valence-electron chi connectivity index (χ2n) is 6.83. The van der Waals surface area contributed by atoms with E-state index in [1.165, 1.54) is 12.8 Å². The van der Waals surface area contributed by atoms with Crippen LogP contribution in [0.3, 0.4) is 0 Å². The van der Waals surface area contributed by atoms with Crippen molar-refractivity contribution in [3.63, 3.8) is 0 Å². The molecule has 1 fully saturated rings. The maximum Gasteiger partial charge on any atom is 0.190 e. The van der Waals surface area contributed by atoms with Gasteiger partial charge in [0.25, 0.3) is 0 Å². The predicted octanol–water partition coefficient (Wildman–Crippen LogP) is 2.09. The molecule has 0 amide bonds. The number of aliphatic imine (C=N–C) groups is 1. The average molecular weight is 313 g/mol. The zero-order valence-electron chi connectivity index (χ0n) is 15.2. The number of guanidine groups is 1. The molecule has 0 aliphatic carbocycles. The van der Waals surface area contributed by atoms with Crippen molar-refractivity contribution in [1.82, 2.24) is 15.5 Å². The number of morpholine rings is 1. The molecule has 1 aliphatic heterocycles. The van der Waals surface area contributed by atoms with E-state index < -0.39 is 0 Å². The van der Waals surface area contributed by atoms with E-state index in [0.717, 1.165) is 51.0 Å². The van der Waals surface area contributed by atoms with Gasteiger partial charge in [-0.25, -0.2) is 0 Å². The van der Waals surface area contributed by atoms with Gasteiger partial charge in [-0.15, -0.1) is 0 Å². The lowest BCUT2D eigenvalue weighted by Crippen LogP contribution is -2.46. The highest BCUT2D eigenvalue weighted by atomic mass is 16.5. The van der Waals surface area contributed by atoms with E-state index in [9.17, 15) is 0 Å². The van der Waals surface area contributed by atoms with E-state index in [2.05, 4.69) is 48.2 Å². The monoisotopic (exact) mass is 312 g/mol. The maximum atomic E-state index is 5.76. The van der Waals surface area contributed by atoms with Crippen LogP contribution in [-0.2, 0) is 4.74 Å². The van der Waals surface area contributed by atoms with Crippen LogP contribution in [0.15, 0.2) is 4.99 Å². The summed E-state index contributed by atoms with van der Waals surface area (Å²) in [6.45, 7) is 14.0. The third kappa shape index (κ3) is 8.59. The molecule has 1 heterocycles. The summed E-state index contributed by atoms with van der Waals surface area (Å²) < 4.78 is 5.76. The molecule has 5 heteroatoms. The standard InChI is InChI=1S/C17H36N4O/c1-14(2)8-6-9-19-17(18-5)20-10-7-11-21-12-15(3)22-16(4)13-21/h14-16H,6-13H2,1-5H3,(H2,18,19,20). The van der Waals surface area contributed by atoms with Crippen LogP contribution in [0, 0.1) is 5.92 Å². The molecule has 130 valence electrons. The van der Waals surface area contributed by atoms with Crippen LogP contribution in [0.4, 0.5) is 0 Å². The first-order valence-electron chi connectivity index (χ1n) is 8.83. The lowest BCUT2D eigenvalue weighted by molar-refractivity contribution is -0.0679. The first-order valence-corrected chi connectivity index (χ1v) is 8.83. The fraction of sp³-hybridized carbons (Fsp3) is 0.941. The highest BCUT2D eigenvalue weighted by Crippen LogP contribution is 2.10. The van der Waals surface area contributed by atoms with E-state index >= 15 is 0 Å². The summed E-state index contributed by atoms with van der Waals surface area (Å²) in [5.41, 5.74) is 0. The van der Waals surface area contributed by atoms with Crippen molar-refractivity contribution in [2.45, 2.75) is 59.2 Å². The molecular weight excluding hydrogens is 276 g/mol. The molecule has 22 heavy (non-hydrogen) atoms. The number of nitrogens with zero attached hydrogens (tertiary/aromatic N) is 2. The first kappa shape index (κ1) is 19.2. The summed E-state index contributed by atoms with van der Waals surface area (Å²) >= 11 is 0. The van der Waals surface area contributed by atoms with Crippen LogP contribution in [-0.4, -0.2) is 62.8 Å². The van der Waals surface area contributed by atoms with Crippen molar-refractivity contribution in [2.24, 2.45) is 10.9 Å². The van der Waals surface area contributed by atoms with Gasteiger partial charge in [-0.2, -0.15) is 0 Å². The van der Waals surface area contributed by atoms with Crippen LogP contribution >= 0.6 is 0 Å². The molecule has 0 aromatic heterocycles. The van der Waals surface area contributed by atoms with Crippen molar-refractivity contribution < 1.29 is 4.74 Å². The predicted molar refractivity (Wildman–Crippen MR) is 94.5 cm³/mol. The van der Waals surface area contributed by atoms with Gasteiger partial charge in [0, 0.05) is 39.8 Å². The van der Waals surface area contributed by atoms with E-state index in [1.54, 1.807) is 0 Å². The topological polar surface area (TPSA) is 48.9 Å². The Morgan fingerprint density at radius 1 is 1.14 bits per heavy atom. The molecule has 0 aromatic carbocycles. The van der Waals surface area contributed by atoms with Gasteiger partial charge < -0.3 is 15.4 Å². The number of hydrogen-bond acceptors (Lipinski definition) is 3. The molecule has 1 rings (SSSR count). The van der Waals surface area contributed by atoms with Crippen molar-refractivity contribution in [2.75, 3.05) is 39.8 Å². The van der Waals surface area contributed by atoms with Crippen LogP contribution < -0.4 is 10.6 Å². The quantitative estimate of drug-likeness (QED) is 0.409. The number of ether oxygens (including phenoxy) is 1. The molecule has 5 nitrogen and oxygen atoms in total. The van der Waals surface area contributed by atoms with E-state index in [1.807, 2.05) is 7.05 Å². The summed E-state index contributed by atoms with van der Waals surface area (Å²) in [4.78, 5) is 6.77. The van der Waals surface area contributed by atoms with Gasteiger partial charge in [0.15, 0.2) is 5.96 Å². The zero-order valence-corrected chi connectivity index (χ0v) is 15.2. The van der Waals surface area contributed by atoms with Gasteiger partial charge in [0.05, 0.1) is 12.2 Å². The molecule has 0 saturated carbocycles.